The average molecular weight is 368 g/mol. The number of nitrogens with one attached hydrogen (secondary N) is 1. The number of amides is 1. The topological polar surface area (TPSA) is 64.6 Å². The third kappa shape index (κ3) is 4.48. The van der Waals surface area contributed by atoms with E-state index in [1.54, 1.807) is 11.2 Å². The van der Waals surface area contributed by atoms with Gasteiger partial charge in [0, 0.05) is 56.7 Å². The standard InChI is InChI=1S/C20H28N6O/c1-4-25(5-2)17-6-7-18(16(3)12-17)23-19-13-20(22-14-21-19)26-10-8-24(15-27)9-11-26/h6-7,12-15H,4-5,8-11H2,1-3H3,(H,21,22,23). The highest BCUT2D eigenvalue weighted by atomic mass is 16.1. The number of carbonyl (C=O) groups is 1. The van der Waals surface area contributed by atoms with Crippen molar-refractivity contribution < 1.29 is 4.79 Å². The smallest absolute Gasteiger partial charge is 0.209 e. The maximum Gasteiger partial charge on any atom is 0.209 e. The summed E-state index contributed by atoms with van der Waals surface area (Å²) in [7, 11) is 0. The molecule has 1 fully saturated rings. The van der Waals surface area contributed by atoms with E-state index >= 15 is 0 Å². The predicted molar refractivity (Wildman–Crippen MR) is 110 cm³/mol. The van der Waals surface area contributed by atoms with Gasteiger partial charge in [0.1, 0.15) is 18.0 Å². The maximum absolute atomic E-state index is 10.9. The molecule has 0 unspecified atom stereocenters. The van der Waals surface area contributed by atoms with Gasteiger partial charge >= 0.3 is 0 Å². The lowest BCUT2D eigenvalue weighted by atomic mass is 10.1. The van der Waals surface area contributed by atoms with Gasteiger partial charge in [-0.2, -0.15) is 0 Å². The molecule has 1 aliphatic rings. The minimum Gasteiger partial charge on any atom is -0.372 e. The fourth-order valence-corrected chi connectivity index (χ4v) is 3.36. The highest BCUT2D eigenvalue weighted by Gasteiger charge is 2.17. The minimum atomic E-state index is 0.724. The summed E-state index contributed by atoms with van der Waals surface area (Å²) >= 11 is 0. The number of aromatic nitrogens is 2. The Morgan fingerprint density at radius 3 is 2.48 bits per heavy atom. The second kappa shape index (κ2) is 8.70. The van der Waals surface area contributed by atoms with Gasteiger partial charge < -0.3 is 20.0 Å². The second-order valence-electron chi connectivity index (χ2n) is 6.69. The van der Waals surface area contributed by atoms with Gasteiger partial charge in [-0.15, -0.1) is 0 Å². The fraction of sp³-hybridized carbons (Fsp3) is 0.450. The Balaban J connectivity index is 1.72. The predicted octanol–water partition coefficient (Wildman–Crippen LogP) is 2.65. The van der Waals surface area contributed by atoms with Gasteiger partial charge in [0.05, 0.1) is 0 Å². The summed E-state index contributed by atoms with van der Waals surface area (Å²) in [5.74, 6) is 1.66. The Bertz CT molecular complexity index is 769. The van der Waals surface area contributed by atoms with Crippen LogP contribution in [0.2, 0.25) is 0 Å². The Hall–Kier alpha value is -2.83. The number of hydrogen-bond acceptors (Lipinski definition) is 6. The van der Waals surface area contributed by atoms with Crippen molar-refractivity contribution in [1.29, 1.82) is 0 Å². The van der Waals surface area contributed by atoms with E-state index in [2.05, 4.69) is 64.1 Å². The van der Waals surface area contributed by atoms with E-state index < -0.39 is 0 Å². The molecular formula is C20H28N6O. The number of rotatable bonds is 7. The van der Waals surface area contributed by atoms with E-state index in [1.165, 1.54) is 11.3 Å². The molecule has 1 aromatic heterocycles. The number of piperazine rings is 1. The van der Waals surface area contributed by atoms with Gasteiger partial charge in [0.2, 0.25) is 6.41 Å². The molecule has 2 heterocycles. The molecule has 1 saturated heterocycles. The van der Waals surface area contributed by atoms with E-state index in [-0.39, 0.29) is 0 Å². The molecule has 0 spiro atoms. The average Bonchev–Trinajstić information content (AvgIpc) is 2.71. The van der Waals surface area contributed by atoms with E-state index in [1.807, 2.05) is 6.07 Å². The Morgan fingerprint density at radius 1 is 1.11 bits per heavy atom. The number of hydrogen-bond donors (Lipinski definition) is 1. The van der Waals surface area contributed by atoms with Crippen molar-refractivity contribution in [2.24, 2.45) is 0 Å². The maximum atomic E-state index is 10.9. The molecule has 1 aliphatic heterocycles. The van der Waals surface area contributed by atoms with Crippen LogP contribution in [0.4, 0.5) is 23.0 Å². The summed E-state index contributed by atoms with van der Waals surface area (Å²) in [6.45, 7) is 11.5. The minimum absolute atomic E-state index is 0.724. The van der Waals surface area contributed by atoms with Gasteiger partial charge in [-0.1, -0.05) is 0 Å². The zero-order chi connectivity index (χ0) is 19.2. The van der Waals surface area contributed by atoms with E-state index in [0.717, 1.165) is 63.0 Å². The number of carbonyl (C=O) groups excluding carboxylic acids is 1. The number of nitrogens with zero attached hydrogens (tertiary/aromatic N) is 5. The number of benzene rings is 1. The van der Waals surface area contributed by atoms with Crippen LogP contribution in [0.5, 0.6) is 0 Å². The number of anilines is 4. The Kier molecular flexibility index (Phi) is 6.11. The van der Waals surface area contributed by atoms with Gasteiger partial charge in [0.25, 0.3) is 0 Å². The first kappa shape index (κ1) is 18.9. The lowest BCUT2D eigenvalue weighted by Gasteiger charge is -2.33. The Labute approximate surface area is 161 Å². The van der Waals surface area contributed by atoms with Gasteiger partial charge in [0.15, 0.2) is 0 Å². The highest BCUT2D eigenvalue weighted by Crippen LogP contribution is 2.26. The Morgan fingerprint density at radius 2 is 1.85 bits per heavy atom. The monoisotopic (exact) mass is 368 g/mol. The molecule has 1 aromatic carbocycles. The molecule has 0 saturated carbocycles. The molecule has 1 amide bonds. The van der Waals surface area contributed by atoms with Crippen molar-refractivity contribution >= 4 is 29.4 Å². The SMILES string of the molecule is CCN(CC)c1ccc(Nc2cc(N3CCN(C=O)CC3)ncn2)c(C)c1. The van der Waals surface area contributed by atoms with Crippen LogP contribution >= 0.6 is 0 Å². The normalized spacial score (nSPS) is 14.2. The first-order chi connectivity index (χ1) is 13.1. The first-order valence-electron chi connectivity index (χ1n) is 9.53. The zero-order valence-corrected chi connectivity index (χ0v) is 16.4. The molecule has 3 rings (SSSR count). The second-order valence-corrected chi connectivity index (χ2v) is 6.69. The van der Waals surface area contributed by atoms with Crippen LogP contribution in [0.3, 0.4) is 0 Å². The van der Waals surface area contributed by atoms with Crippen LogP contribution in [-0.2, 0) is 4.79 Å². The van der Waals surface area contributed by atoms with E-state index in [9.17, 15) is 4.79 Å². The van der Waals surface area contributed by atoms with Crippen LogP contribution in [0, 0.1) is 6.92 Å². The summed E-state index contributed by atoms with van der Waals surface area (Å²) in [5, 5.41) is 3.41. The zero-order valence-electron chi connectivity index (χ0n) is 16.4. The van der Waals surface area contributed by atoms with Crippen molar-refractivity contribution in [3.05, 3.63) is 36.2 Å². The van der Waals surface area contributed by atoms with Crippen LogP contribution in [-0.4, -0.2) is 60.5 Å². The quantitative estimate of drug-likeness (QED) is 0.758. The number of aryl methyl sites for hydroxylation is 1. The molecule has 0 atom stereocenters. The molecule has 0 radical (unpaired) electrons. The lowest BCUT2D eigenvalue weighted by Crippen LogP contribution is -2.46. The summed E-state index contributed by atoms with van der Waals surface area (Å²) in [6, 6.07) is 8.42. The molecular weight excluding hydrogens is 340 g/mol. The highest BCUT2D eigenvalue weighted by molar-refractivity contribution is 5.66. The van der Waals surface area contributed by atoms with E-state index in [0.29, 0.717) is 0 Å². The fourth-order valence-electron chi connectivity index (χ4n) is 3.36. The van der Waals surface area contributed by atoms with Gasteiger partial charge in [-0.3, -0.25) is 4.79 Å². The molecule has 1 N–H and O–H groups in total. The largest absolute Gasteiger partial charge is 0.372 e. The van der Waals surface area contributed by atoms with Crippen LogP contribution in [0.15, 0.2) is 30.6 Å². The summed E-state index contributed by atoms with van der Waals surface area (Å²) in [5.41, 5.74) is 3.46. The molecule has 2 aromatic rings. The summed E-state index contributed by atoms with van der Waals surface area (Å²) in [6.07, 6.45) is 2.50. The van der Waals surface area contributed by atoms with E-state index in [4.69, 9.17) is 0 Å². The van der Waals surface area contributed by atoms with Crippen molar-refractivity contribution in [2.75, 3.05) is 54.4 Å². The van der Waals surface area contributed by atoms with Crippen molar-refractivity contribution in [2.45, 2.75) is 20.8 Å². The third-order valence-corrected chi connectivity index (χ3v) is 5.04. The molecule has 7 heteroatoms. The molecule has 27 heavy (non-hydrogen) atoms. The van der Waals surface area contributed by atoms with Crippen molar-refractivity contribution in [3.63, 3.8) is 0 Å². The molecule has 0 aliphatic carbocycles. The molecule has 7 nitrogen and oxygen atoms in total. The molecule has 0 bridgehead atoms. The molecule has 144 valence electrons. The van der Waals surface area contributed by atoms with Crippen LogP contribution in [0.25, 0.3) is 0 Å². The van der Waals surface area contributed by atoms with Crippen molar-refractivity contribution in [3.8, 4) is 0 Å². The van der Waals surface area contributed by atoms with Gasteiger partial charge in [-0.05, 0) is 44.5 Å². The van der Waals surface area contributed by atoms with Crippen molar-refractivity contribution in [1.82, 2.24) is 14.9 Å². The van der Waals surface area contributed by atoms with Gasteiger partial charge in [-0.25, -0.2) is 9.97 Å². The van der Waals surface area contributed by atoms with Crippen LogP contribution in [0.1, 0.15) is 19.4 Å². The summed E-state index contributed by atoms with van der Waals surface area (Å²) < 4.78 is 0. The first-order valence-corrected chi connectivity index (χ1v) is 9.53. The lowest BCUT2D eigenvalue weighted by molar-refractivity contribution is -0.118. The summed E-state index contributed by atoms with van der Waals surface area (Å²) in [4.78, 5) is 25.9. The third-order valence-electron chi connectivity index (χ3n) is 5.04. The van der Waals surface area contributed by atoms with Crippen LogP contribution < -0.4 is 15.1 Å².